The average Bonchev–Trinajstić information content (AvgIpc) is 3.08. The lowest BCUT2D eigenvalue weighted by molar-refractivity contribution is -0.145. The minimum Gasteiger partial charge on any atom is -0.454 e. The van der Waals surface area contributed by atoms with E-state index < -0.39 is 18.5 Å². The van der Waals surface area contributed by atoms with Crippen molar-refractivity contribution >= 4 is 23.5 Å². The molecule has 1 aliphatic rings. The van der Waals surface area contributed by atoms with Crippen LogP contribution in [-0.2, 0) is 14.3 Å². The number of aromatic nitrogens is 2. The van der Waals surface area contributed by atoms with Crippen molar-refractivity contribution in [1.29, 1.82) is 0 Å². The summed E-state index contributed by atoms with van der Waals surface area (Å²) >= 11 is 0. The Hall–Kier alpha value is -3.36. The number of ether oxygens (including phenoxy) is 3. The van der Waals surface area contributed by atoms with Gasteiger partial charge in [-0.3, -0.25) is 9.59 Å². The minimum absolute atomic E-state index is 0.0681. The van der Waals surface area contributed by atoms with Crippen LogP contribution >= 0.6 is 0 Å². The fraction of sp³-hybridized carbons (Fsp3) is 0.250. The second kappa shape index (κ2) is 7.47. The second-order valence-electron chi connectivity index (χ2n) is 5.18. The summed E-state index contributed by atoms with van der Waals surface area (Å²) in [5.41, 5.74) is 0.528. The highest BCUT2D eigenvalue weighted by molar-refractivity contribution is 5.93. The number of anilines is 2. The van der Waals surface area contributed by atoms with E-state index in [1.54, 1.807) is 43.7 Å². The van der Waals surface area contributed by atoms with Crippen molar-refractivity contribution < 1.29 is 23.8 Å². The molecule has 130 valence electrons. The van der Waals surface area contributed by atoms with E-state index >= 15 is 0 Å². The third-order valence-electron chi connectivity index (χ3n) is 3.28. The molecule has 9 nitrogen and oxygen atoms in total. The number of hydrogen-bond donors (Lipinski definition) is 1. The van der Waals surface area contributed by atoms with Crippen molar-refractivity contribution in [2.75, 3.05) is 37.2 Å². The van der Waals surface area contributed by atoms with Gasteiger partial charge in [-0.15, -0.1) is 0 Å². The lowest BCUT2D eigenvalue weighted by Crippen LogP contribution is -2.30. The molecule has 0 fully saturated rings. The molecule has 1 amide bonds. The van der Waals surface area contributed by atoms with Gasteiger partial charge in [-0.2, -0.15) is 0 Å². The largest absolute Gasteiger partial charge is 0.454 e. The molecule has 2 heterocycles. The van der Waals surface area contributed by atoms with Gasteiger partial charge in [-0.05, 0) is 18.2 Å². The molecule has 9 heteroatoms. The normalized spacial score (nSPS) is 11.7. The predicted molar refractivity (Wildman–Crippen MR) is 87.5 cm³/mol. The zero-order valence-corrected chi connectivity index (χ0v) is 13.5. The zero-order chi connectivity index (χ0) is 17.6. The number of esters is 1. The fourth-order valence-electron chi connectivity index (χ4n) is 2.12. The van der Waals surface area contributed by atoms with E-state index in [1.807, 2.05) is 0 Å². The smallest absolute Gasteiger partial charge is 0.326 e. The van der Waals surface area contributed by atoms with Crippen LogP contribution in [0, 0.1) is 0 Å². The molecule has 1 N–H and O–H groups in total. The monoisotopic (exact) mass is 344 g/mol. The Labute approximate surface area is 143 Å². The predicted octanol–water partition coefficient (Wildman–Crippen LogP) is 0.823. The van der Waals surface area contributed by atoms with Crippen LogP contribution in [0.2, 0.25) is 0 Å². The molecule has 0 spiro atoms. The third kappa shape index (κ3) is 4.34. The molecule has 0 radical (unpaired) electrons. The second-order valence-corrected chi connectivity index (χ2v) is 5.18. The molecule has 1 aromatic carbocycles. The van der Waals surface area contributed by atoms with Crippen molar-refractivity contribution in [2.45, 2.75) is 0 Å². The first-order valence-electron chi connectivity index (χ1n) is 7.45. The molecular weight excluding hydrogens is 328 g/mol. The Morgan fingerprint density at radius 3 is 2.80 bits per heavy atom. The molecule has 0 aliphatic carbocycles. The molecule has 0 saturated carbocycles. The van der Waals surface area contributed by atoms with Crippen LogP contribution in [0.15, 0.2) is 36.7 Å². The number of nitrogens with one attached hydrogen (secondary N) is 1. The van der Waals surface area contributed by atoms with E-state index in [9.17, 15) is 9.59 Å². The van der Waals surface area contributed by atoms with Crippen LogP contribution in [0.4, 0.5) is 11.6 Å². The summed E-state index contributed by atoms with van der Waals surface area (Å²) < 4.78 is 15.4. The van der Waals surface area contributed by atoms with E-state index in [2.05, 4.69) is 15.3 Å². The number of hydrogen-bond acceptors (Lipinski definition) is 8. The maximum Gasteiger partial charge on any atom is 0.326 e. The van der Waals surface area contributed by atoms with Crippen LogP contribution in [0.1, 0.15) is 0 Å². The highest BCUT2D eigenvalue weighted by Crippen LogP contribution is 2.34. The number of rotatable bonds is 6. The number of carbonyl (C=O) groups is 2. The molecule has 1 aliphatic heterocycles. The van der Waals surface area contributed by atoms with Crippen molar-refractivity contribution in [3.63, 3.8) is 0 Å². The lowest BCUT2D eigenvalue weighted by atomic mass is 10.3. The third-order valence-corrected chi connectivity index (χ3v) is 3.28. The molecule has 0 bridgehead atoms. The highest BCUT2D eigenvalue weighted by Gasteiger charge is 2.15. The van der Waals surface area contributed by atoms with E-state index in [1.165, 1.54) is 4.90 Å². The van der Waals surface area contributed by atoms with Crippen LogP contribution < -0.4 is 19.7 Å². The fourth-order valence-corrected chi connectivity index (χ4v) is 2.12. The van der Waals surface area contributed by atoms with Crippen LogP contribution in [0.5, 0.6) is 11.5 Å². The molecular formula is C16H16N4O5. The van der Waals surface area contributed by atoms with E-state index in [4.69, 9.17) is 14.2 Å². The number of carbonyl (C=O) groups excluding carboxylic acids is 2. The molecule has 3 rings (SSSR count). The summed E-state index contributed by atoms with van der Waals surface area (Å²) in [6.45, 7) is -0.304. The van der Waals surface area contributed by atoms with Crippen LogP contribution in [0.25, 0.3) is 0 Å². The van der Waals surface area contributed by atoms with Gasteiger partial charge in [0, 0.05) is 31.2 Å². The summed E-state index contributed by atoms with van der Waals surface area (Å²) in [6.07, 6.45) is 3.14. The Bertz CT molecular complexity index is 768. The van der Waals surface area contributed by atoms with Crippen molar-refractivity contribution in [1.82, 2.24) is 9.97 Å². The average molecular weight is 344 g/mol. The summed E-state index contributed by atoms with van der Waals surface area (Å²) in [4.78, 5) is 33.2. The van der Waals surface area contributed by atoms with Gasteiger partial charge in [0.1, 0.15) is 6.54 Å². The topological polar surface area (TPSA) is 103 Å². The number of nitrogens with zero attached hydrogens (tertiary/aromatic N) is 3. The van der Waals surface area contributed by atoms with Gasteiger partial charge >= 0.3 is 5.97 Å². The summed E-state index contributed by atoms with van der Waals surface area (Å²) in [6, 6.07) is 6.69. The molecule has 0 atom stereocenters. The summed E-state index contributed by atoms with van der Waals surface area (Å²) in [5, 5.41) is 2.62. The van der Waals surface area contributed by atoms with E-state index in [0.29, 0.717) is 23.1 Å². The van der Waals surface area contributed by atoms with Gasteiger partial charge in [0.05, 0.1) is 0 Å². The number of fused-ring (bicyclic) bond motifs is 1. The van der Waals surface area contributed by atoms with Crippen LogP contribution in [0.3, 0.4) is 0 Å². The van der Waals surface area contributed by atoms with E-state index in [-0.39, 0.29) is 13.3 Å². The van der Waals surface area contributed by atoms with Gasteiger partial charge in [0.15, 0.2) is 18.1 Å². The minimum atomic E-state index is -0.559. The maximum atomic E-state index is 11.9. The number of likely N-dealkylation sites (N-methyl/N-ethyl adjacent to an activating group) is 1. The Balaban J connectivity index is 1.45. The van der Waals surface area contributed by atoms with Crippen molar-refractivity contribution in [3.05, 3.63) is 36.7 Å². The van der Waals surface area contributed by atoms with Gasteiger partial charge in [-0.25, -0.2) is 9.97 Å². The van der Waals surface area contributed by atoms with Gasteiger partial charge in [0.25, 0.3) is 5.91 Å². The quantitative estimate of drug-likeness (QED) is 0.769. The van der Waals surface area contributed by atoms with Crippen molar-refractivity contribution in [3.8, 4) is 11.5 Å². The Morgan fingerprint density at radius 1 is 1.24 bits per heavy atom. The molecule has 0 saturated heterocycles. The summed E-state index contributed by atoms with van der Waals surface area (Å²) in [5.74, 6) is 0.556. The standard InChI is InChI=1S/C16H16N4O5/c1-20(16-17-5-2-6-18-16)8-15(22)23-9-14(21)19-11-3-4-12-13(7-11)25-10-24-12/h2-7H,8-10H2,1H3,(H,19,21). The number of benzene rings is 1. The van der Waals surface area contributed by atoms with Gasteiger partial charge in [-0.1, -0.05) is 0 Å². The first-order chi connectivity index (χ1) is 12.1. The van der Waals surface area contributed by atoms with Gasteiger partial charge < -0.3 is 24.4 Å². The van der Waals surface area contributed by atoms with Crippen molar-refractivity contribution in [2.24, 2.45) is 0 Å². The first-order valence-corrected chi connectivity index (χ1v) is 7.45. The highest BCUT2D eigenvalue weighted by atomic mass is 16.7. The maximum absolute atomic E-state index is 11.9. The first kappa shape index (κ1) is 16.5. The van der Waals surface area contributed by atoms with E-state index in [0.717, 1.165) is 0 Å². The SMILES string of the molecule is CN(CC(=O)OCC(=O)Nc1ccc2c(c1)OCO2)c1ncccn1. The Morgan fingerprint density at radius 2 is 2.00 bits per heavy atom. The summed E-state index contributed by atoms with van der Waals surface area (Å²) in [7, 11) is 1.66. The zero-order valence-electron chi connectivity index (χ0n) is 13.5. The van der Waals surface area contributed by atoms with Crippen LogP contribution in [-0.4, -0.2) is 48.8 Å². The molecule has 1 aromatic heterocycles. The Kier molecular flexibility index (Phi) is 4.93. The van der Waals surface area contributed by atoms with Gasteiger partial charge in [0.2, 0.25) is 12.7 Å². The lowest BCUT2D eigenvalue weighted by Gasteiger charge is -2.15. The molecule has 0 unspecified atom stereocenters. The molecule has 2 aromatic rings. The number of amides is 1. The molecule has 25 heavy (non-hydrogen) atoms.